The van der Waals surface area contributed by atoms with Crippen molar-refractivity contribution in [2.45, 2.75) is 50.2 Å². The molecule has 9 N–H and O–H groups in total. The number of carbonyl (C=O) groups excluding carboxylic acids is 3. The van der Waals surface area contributed by atoms with Crippen molar-refractivity contribution in [2.75, 3.05) is 31.6 Å². The minimum absolute atomic E-state index is 0.0688. The molecular weight excluding hydrogens is 426 g/mol. The summed E-state index contributed by atoms with van der Waals surface area (Å²) in [6.07, 6.45) is 4.07. The van der Waals surface area contributed by atoms with Crippen molar-refractivity contribution in [3.8, 4) is 0 Å². The third-order valence-electron chi connectivity index (χ3n) is 4.78. The number of aliphatic carboxylic acids is 1. The molecule has 3 amide bonds. The van der Waals surface area contributed by atoms with Crippen LogP contribution in [0, 0.1) is 0 Å². The number of hydrogen-bond acceptors (Lipinski definition) is 7. The molecule has 0 bridgehead atoms. The summed E-state index contributed by atoms with van der Waals surface area (Å²) in [5.41, 5.74) is 16.5. The first-order valence-electron chi connectivity index (χ1n) is 10.1. The van der Waals surface area contributed by atoms with Gasteiger partial charge in [0.05, 0.1) is 6.04 Å². The van der Waals surface area contributed by atoms with Crippen LogP contribution in [0.2, 0.25) is 0 Å². The van der Waals surface area contributed by atoms with Gasteiger partial charge in [-0.05, 0) is 44.1 Å². The SMILES string of the molecule is CSCCC(N)C(=O)NC(CCCN=C(N)N)C(=O)N1CCCC1C(=O)NCC(=O)O. The predicted octanol–water partition coefficient (Wildman–Crippen LogP) is -2.20. The van der Waals surface area contributed by atoms with E-state index in [1.165, 1.54) is 4.90 Å². The third-order valence-corrected chi connectivity index (χ3v) is 5.43. The lowest BCUT2D eigenvalue weighted by Crippen LogP contribution is -2.56. The van der Waals surface area contributed by atoms with Gasteiger partial charge in [-0.3, -0.25) is 24.2 Å². The van der Waals surface area contributed by atoms with E-state index in [9.17, 15) is 19.2 Å². The standard InChI is InChI=1S/C18H33N7O5S/c1-31-9-6-11(19)15(28)24-12(4-2-7-22-18(20)21)17(30)25-8-3-5-13(25)16(29)23-10-14(26)27/h11-13H,2-10,19H2,1H3,(H,23,29)(H,24,28)(H,26,27)(H4,20,21,22). The number of aliphatic imine (C=N–C) groups is 1. The highest BCUT2D eigenvalue weighted by atomic mass is 32.2. The Morgan fingerprint density at radius 2 is 1.97 bits per heavy atom. The normalized spacial score (nSPS) is 17.5. The van der Waals surface area contributed by atoms with Crippen LogP contribution in [0.5, 0.6) is 0 Å². The molecule has 0 aromatic heterocycles. The zero-order valence-corrected chi connectivity index (χ0v) is 18.5. The minimum Gasteiger partial charge on any atom is -0.480 e. The fourth-order valence-electron chi connectivity index (χ4n) is 3.20. The van der Waals surface area contributed by atoms with E-state index in [4.69, 9.17) is 22.3 Å². The van der Waals surface area contributed by atoms with Crippen LogP contribution in [-0.2, 0) is 19.2 Å². The van der Waals surface area contributed by atoms with Crippen LogP contribution < -0.4 is 27.8 Å². The highest BCUT2D eigenvalue weighted by molar-refractivity contribution is 7.98. The zero-order chi connectivity index (χ0) is 23.4. The van der Waals surface area contributed by atoms with Crippen LogP contribution in [-0.4, -0.2) is 89.4 Å². The van der Waals surface area contributed by atoms with Crippen molar-refractivity contribution in [3.05, 3.63) is 0 Å². The summed E-state index contributed by atoms with van der Waals surface area (Å²) in [5, 5.41) is 13.8. The molecule has 0 aromatic carbocycles. The van der Waals surface area contributed by atoms with E-state index in [1.807, 2.05) is 6.26 Å². The first-order chi connectivity index (χ1) is 14.7. The number of likely N-dealkylation sites (tertiary alicyclic amines) is 1. The van der Waals surface area contributed by atoms with Gasteiger partial charge < -0.3 is 37.8 Å². The maximum absolute atomic E-state index is 13.2. The largest absolute Gasteiger partial charge is 0.480 e. The highest BCUT2D eigenvalue weighted by Crippen LogP contribution is 2.20. The van der Waals surface area contributed by atoms with E-state index in [0.29, 0.717) is 38.0 Å². The maximum atomic E-state index is 13.2. The van der Waals surface area contributed by atoms with Crippen LogP contribution >= 0.6 is 11.8 Å². The average molecular weight is 460 g/mol. The summed E-state index contributed by atoms with van der Waals surface area (Å²) in [5.74, 6) is -1.93. The number of thioether (sulfide) groups is 1. The van der Waals surface area contributed by atoms with E-state index in [-0.39, 0.29) is 18.9 Å². The Hall–Kier alpha value is -2.54. The molecule has 0 aliphatic carbocycles. The van der Waals surface area contributed by atoms with E-state index >= 15 is 0 Å². The molecule has 176 valence electrons. The van der Waals surface area contributed by atoms with Crippen molar-refractivity contribution in [3.63, 3.8) is 0 Å². The monoisotopic (exact) mass is 459 g/mol. The van der Waals surface area contributed by atoms with E-state index in [0.717, 1.165) is 0 Å². The second-order valence-corrected chi connectivity index (χ2v) is 8.18. The molecule has 31 heavy (non-hydrogen) atoms. The molecule has 13 heteroatoms. The number of rotatable bonds is 13. The van der Waals surface area contributed by atoms with Gasteiger partial charge in [-0.2, -0.15) is 11.8 Å². The molecule has 0 radical (unpaired) electrons. The number of amides is 3. The van der Waals surface area contributed by atoms with Gasteiger partial charge in [-0.15, -0.1) is 0 Å². The first-order valence-corrected chi connectivity index (χ1v) is 11.5. The van der Waals surface area contributed by atoms with Crippen molar-refractivity contribution in [1.29, 1.82) is 0 Å². The summed E-state index contributed by atoms with van der Waals surface area (Å²) in [6.45, 7) is 0.0895. The first kappa shape index (κ1) is 26.5. The van der Waals surface area contributed by atoms with Gasteiger partial charge >= 0.3 is 5.97 Å². The van der Waals surface area contributed by atoms with Crippen LogP contribution in [0.3, 0.4) is 0 Å². The molecule has 3 unspecified atom stereocenters. The van der Waals surface area contributed by atoms with Gasteiger partial charge in [0, 0.05) is 13.1 Å². The molecule has 3 atom stereocenters. The maximum Gasteiger partial charge on any atom is 0.322 e. The summed E-state index contributed by atoms with van der Waals surface area (Å²) in [6, 6.07) is -2.43. The van der Waals surface area contributed by atoms with Crippen LogP contribution in [0.1, 0.15) is 32.1 Å². The quantitative estimate of drug-likeness (QED) is 0.100. The number of carboxylic acids is 1. The van der Waals surface area contributed by atoms with E-state index in [2.05, 4.69) is 15.6 Å². The summed E-state index contributed by atoms with van der Waals surface area (Å²) in [4.78, 5) is 54.0. The number of guanidine groups is 1. The van der Waals surface area contributed by atoms with Crippen molar-refractivity contribution in [2.24, 2.45) is 22.2 Å². The summed E-state index contributed by atoms with van der Waals surface area (Å²) >= 11 is 1.56. The van der Waals surface area contributed by atoms with E-state index in [1.54, 1.807) is 11.8 Å². The van der Waals surface area contributed by atoms with Gasteiger partial charge in [0.25, 0.3) is 0 Å². The number of nitrogens with one attached hydrogen (secondary N) is 2. The molecule has 1 rings (SSSR count). The molecule has 1 saturated heterocycles. The second-order valence-electron chi connectivity index (χ2n) is 7.20. The molecule has 1 heterocycles. The fourth-order valence-corrected chi connectivity index (χ4v) is 3.69. The number of carbonyl (C=O) groups is 4. The Morgan fingerprint density at radius 1 is 1.26 bits per heavy atom. The second kappa shape index (κ2) is 13.7. The van der Waals surface area contributed by atoms with Crippen molar-refractivity contribution >= 4 is 41.4 Å². The molecule has 0 spiro atoms. The Morgan fingerprint density at radius 3 is 2.58 bits per heavy atom. The molecular formula is C18H33N7O5S. The minimum atomic E-state index is -1.17. The Balaban J connectivity index is 2.86. The van der Waals surface area contributed by atoms with E-state index < -0.39 is 48.4 Å². The fraction of sp³-hybridized carbons (Fsp3) is 0.722. The van der Waals surface area contributed by atoms with Gasteiger partial charge in [0.1, 0.15) is 18.6 Å². The summed E-state index contributed by atoms with van der Waals surface area (Å²) in [7, 11) is 0. The number of hydrogen-bond donors (Lipinski definition) is 6. The molecule has 1 aliphatic heterocycles. The van der Waals surface area contributed by atoms with Crippen LogP contribution in [0.4, 0.5) is 0 Å². The number of nitrogens with zero attached hydrogens (tertiary/aromatic N) is 2. The van der Waals surface area contributed by atoms with Crippen molar-refractivity contribution in [1.82, 2.24) is 15.5 Å². The Bertz CT molecular complexity index is 672. The average Bonchev–Trinajstić information content (AvgIpc) is 3.21. The summed E-state index contributed by atoms with van der Waals surface area (Å²) < 4.78 is 0. The Kier molecular flexibility index (Phi) is 11.7. The lowest BCUT2D eigenvalue weighted by atomic mass is 10.1. The topological polar surface area (TPSA) is 206 Å². The number of nitrogens with two attached hydrogens (primary N) is 3. The Labute approximate surface area is 185 Å². The smallest absolute Gasteiger partial charge is 0.322 e. The van der Waals surface area contributed by atoms with Gasteiger partial charge in [-0.1, -0.05) is 0 Å². The molecule has 12 nitrogen and oxygen atoms in total. The zero-order valence-electron chi connectivity index (χ0n) is 17.7. The lowest BCUT2D eigenvalue weighted by molar-refractivity contribution is -0.143. The molecule has 0 saturated carbocycles. The van der Waals surface area contributed by atoms with Gasteiger partial charge in [0.15, 0.2) is 5.96 Å². The molecule has 1 fully saturated rings. The van der Waals surface area contributed by atoms with Gasteiger partial charge in [0.2, 0.25) is 17.7 Å². The van der Waals surface area contributed by atoms with Crippen LogP contribution in [0.25, 0.3) is 0 Å². The predicted molar refractivity (Wildman–Crippen MR) is 118 cm³/mol. The van der Waals surface area contributed by atoms with Crippen molar-refractivity contribution < 1.29 is 24.3 Å². The third kappa shape index (κ3) is 9.42. The molecule has 1 aliphatic rings. The lowest BCUT2D eigenvalue weighted by Gasteiger charge is -2.29. The molecule has 0 aromatic rings. The van der Waals surface area contributed by atoms with Gasteiger partial charge in [-0.25, -0.2) is 0 Å². The van der Waals surface area contributed by atoms with Crippen LogP contribution in [0.15, 0.2) is 4.99 Å². The number of carboxylic acid groups (broad SMARTS) is 1. The highest BCUT2D eigenvalue weighted by Gasteiger charge is 2.37.